The molecule has 0 aliphatic carbocycles. The van der Waals surface area contributed by atoms with E-state index in [0.717, 1.165) is 28.1 Å². The number of nitriles is 1. The molecule has 0 aromatic heterocycles. The van der Waals surface area contributed by atoms with Crippen molar-refractivity contribution in [3.63, 3.8) is 0 Å². The minimum absolute atomic E-state index is 0.0785. The average molecular weight is 474 g/mol. The van der Waals surface area contributed by atoms with E-state index in [9.17, 15) is 10.1 Å². The molecule has 3 aromatic rings. The summed E-state index contributed by atoms with van der Waals surface area (Å²) < 4.78 is 0. The number of anilines is 2. The van der Waals surface area contributed by atoms with Gasteiger partial charge in [-0.05, 0) is 29.3 Å². The molecule has 6 rings (SSSR count). The van der Waals surface area contributed by atoms with E-state index >= 15 is 0 Å². The number of rotatable bonds is 2. The molecule has 3 aliphatic heterocycles. The van der Waals surface area contributed by atoms with Gasteiger partial charge in [0.05, 0.1) is 16.3 Å². The molecular weight excluding hydrogens is 454 g/mol. The molecule has 1 unspecified atom stereocenters. The van der Waals surface area contributed by atoms with Crippen LogP contribution in [0.15, 0.2) is 107 Å². The van der Waals surface area contributed by atoms with Gasteiger partial charge in [0.15, 0.2) is 0 Å². The summed E-state index contributed by atoms with van der Waals surface area (Å²) >= 11 is 1.40. The average Bonchev–Trinajstić information content (AvgIpc) is 3.46. The minimum Gasteiger partial charge on any atom is -0.340 e. The van der Waals surface area contributed by atoms with Crippen LogP contribution in [0.25, 0.3) is 11.6 Å². The molecule has 0 spiro atoms. The van der Waals surface area contributed by atoms with Gasteiger partial charge < -0.3 is 10.6 Å². The molecule has 0 bridgehead atoms. The molecule has 7 heteroatoms. The van der Waals surface area contributed by atoms with Gasteiger partial charge in [-0.15, -0.1) is 0 Å². The highest BCUT2D eigenvalue weighted by Gasteiger charge is 2.48. The standard InChI is InChI=1S/C28H19N5OS/c29-16-19-23(18-11-5-2-6-12-18)24(26-31-20-13-7-8-14-21(20)32-26)28-33(25(19)30)27(34)22(35-28)15-17-9-3-1-4-10-17/h1-15,28,30-32H/b22-15-,30-25?. The second kappa shape index (κ2) is 8.35. The normalized spacial score (nSPS) is 19.9. The summed E-state index contributed by atoms with van der Waals surface area (Å²) in [4.78, 5) is 15.5. The smallest absolute Gasteiger partial charge is 0.267 e. The Morgan fingerprint density at radius 1 is 0.914 bits per heavy atom. The van der Waals surface area contributed by atoms with Crippen molar-refractivity contribution in [3.05, 3.63) is 118 Å². The Labute approximate surface area is 206 Å². The fraction of sp³-hybridized carbons (Fsp3) is 0.0357. The Hall–Kier alpha value is -4.54. The first-order valence-corrected chi connectivity index (χ1v) is 12.0. The molecule has 1 atom stereocenters. The van der Waals surface area contributed by atoms with Gasteiger partial charge in [0.2, 0.25) is 0 Å². The minimum atomic E-state index is -0.499. The first-order chi connectivity index (χ1) is 17.2. The summed E-state index contributed by atoms with van der Waals surface area (Å²) in [6.07, 6.45) is 1.85. The number of amidine groups is 1. The van der Waals surface area contributed by atoms with E-state index in [-0.39, 0.29) is 17.3 Å². The van der Waals surface area contributed by atoms with E-state index in [1.165, 1.54) is 16.7 Å². The molecule has 168 valence electrons. The fourth-order valence-electron chi connectivity index (χ4n) is 4.55. The van der Waals surface area contributed by atoms with Crippen LogP contribution in [-0.4, -0.2) is 22.0 Å². The number of benzene rings is 3. The number of amides is 1. The predicted molar refractivity (Wildman–Crippen MR) is 140 cm³/mol. The van der Waals surface area contributed by atoms with Crippen molar-refractivity contribution in [2.24, 2.45) is 0 Å². The number of para-hydroxylation sites is 2. The van der Waals surface area contributed by atoms with E-state index in [4.69, 9.17) is 5.41 Å². The van der Waals surface area contributed by atoms with Crippen molar-refractivity contribution in [2.45, 2.75) is 5.37 Å². The highest BCUT2D eigenvalue weighted by molar-refractivity contribution is 8.05. The molecular formula is C28H19N5OS. The molecule has 3 heterocycles. The number of hydrogen-bond acceptors (Lipinski definition) is 6. The second-order valence-electron chi connectivity index (χ2n) is 8.23. The van der Waals surface area contributed by atoms with Gasteiger partial charge in [-0.2, -0.15) is 5.26 Å². The maximum Gasteiger partial charge on any atom is 0.267 e. The fourth-order valence-corrected chi connectivity index (χ4v) is 5.85. The van der Waals surface area contributed by atoms with Crippen LogP contribution in [-0.2, 0) is 4.79 Å². The third-order valence-corrected chi connectivity index (χ3v) is 7.35. The molecule has 3 aromatic carbocycles. The molecule has 1 fully saturated rings. The van der Waals surface area contributed by atoms with Crippen LogP contribution in [0, 0.1) is 16.7 Å². The lowest BCUT2D eigenvalue weighted by Gasteiger charge is -2.34. The highest BCUT2D eigenvalue weighted by Crippen LogP contribution is 2.50. The van der Waals surface area contributed by atoms with E-state index in [0.29, 0.717) is 16.3 Å². The van der Waals surface area contributed by atoms with Crippen LogP contribution in [0.2, 0.25) is 0 Å². The second-order valence-corrected chi connectivity index (χ2v) is 9.35. The lowest BCUT2D eigenvalue weighted by Crippen LogP contribution is -2.44. The van der Waals surface area contributed by atoms with Gasteiger partial charge in [0, 0.05) is 11.1 Å². The molecule has 0 saturated carbocycles. The highest BCUT2D eigenvalue weighted by atomic mass is 32.2. The summed E-state index contributed by atoms with van der Waals surface area (Å²) in [6, 6.07) is 29.3. The Bertz CT molecular complexity index is 1490. The van der Waals surface area contributed by atoms with Crippen LogP contribution in [0.3, 0.4) is 0 Å². The van der Waals surface area contributed by atoms with Gasteiger partial charge >= 0.3 is 0 Å². The number of fused-ring (bicyclic) bond motifs is 2. The maximum absolute atomic E-state index is 13.5. The molecule has 3 N–H and O–H groups in total. The zero-order valence-electron chi connectivity index (χ0n) is 18.4. The van der Waals surface area contributed by atoms with Crippen LogP contribution < -0.4 is 10.6 Å². The van der Waals surface area contributed by atoms with Gasteiger partial charge in [-0.3, -0.25) is 15.1 Å². The van der Waals surface area contributed by atoms with Gasteiger partial charge in [0.25, 0.3) is 5.91 Å². The van der Waals surface area contributed by atoms with Crippen LogP contribution in [0.4, 0.5) is 11.4 Å². The molecule has 6 nitrogen and oxygen atoms in total. The lowest BCUT2D eigenvalue weighted by molar-refractivity contribution is -0.122. The zero-order valence-corrected chi connectivity index (χ0v) is 19.3. The van der Waals surface area contributed by atoms with Crippen molar-refractivity contribution in [1.82, 2.24) is 4.90 Å². The quantitative estimate of drug-likeness (QED) is 0.419. The van der Waals surface area contributed by atoms with Crippen LogP contribution in [0.1, 0.15) is 11.1 Å². The van der Waals surface area contributed by atoms with Crippen molar-refractivity contribution < 1.29 is 4.79 Å². The summed E-state index contributed by atoms with van der Waals surface area (Å²) in [5.41, 5.74) is 5.17. The number of nitrogens with one attached hydrogen (secondary N) is 3. The first kappa shape index (κ1) is 21.0. The third-order valence-electron chi connectivity index (χ3n) is 6.13. The number of nitrogens with zero attached hydrogens (tertiary/aromatic N) is 2. The van der Waals surface area contributed by atoms with Gasteiger partial charge in [0.1, 0.15) is 28.7 Å². The van der Waals surface area contributed by atoms with E-state index in [1.807, 2.05) is 91.0 Å². The Kier molecular flexibility index (Phi) is 5.02. The Balaban J connectivity index is 1.56. The van der Waals surface area contributed by atoms with Gasteiger partial charge in [-0.25, -0.2) is 0 Å². The summed E-state index contributed by atoms with van der Waals surface area (Å²) in [7, 11) is 0. The van der Waals surface area contributed by atoms with Crippen molar-refractivity contribution in [1.29, 1.82) is 10.7 Å². The van der Waals surface area contributed by atoms with Crippen molar-refractivity contribution >= 4 is 46.5 Å². The third kappa shape index (κ3) is 3.43. The maximum atomic E-state index is 13.5. The van der Waals surface area contributed by atoms with Crippen molar-refractivity contribution in [2.75, 3.05) is 10.6 Å². The number of thioether (sulfide) groups is 1. The van der Waals surface area contributed by atoms with Crippen LogP contribution in [0.5, 0.6) is 0 Å². The van der Waals surface area contributed by atoms with E-state index < -0.39 is 5.37 Å². The summed E-state index contributed by atoms with van der Waals surface area (Å²) in [5, 5.41) is 25.4. The molecule has 3 aliphatic rings. The largest absolute Gasteiger partial charge is 0.340 e. The number of carbonyl (C=O) groups is 1. The lowest BCUT2D eigenvalue weighted by atomic mass is 9.88. The molecule has 0 radical (unpaired) electrons. The summed E-state index contributed by atoms with van der Waals surface area (Å²) in [5.74, 6) is 0.356. The monoisotopic (exact) mass is 473 g/mol. The summed E-state index contributed by atoms with van der Waals surface area (Å²) in [6.45, 7) is 0. The molecule has 35 heavy (non-hydrogen) atoms. The Morgan fingerprint density at radius 3 is 2.14 bits per heavy atom. The zero-order chi connectivity index (χ0) is 23.9. The van der Waals surface area contributed by atoms with E-state index in [1.54, 1.807) is 0 Å². The van der Waals surface area contributed by atoms with Crippen molar-refractivity contribution in [3.8, 4) is 6.07 Å². The van der Waals surface area contributed by atoms with E-state index in [2.05, 4.69) is 16.7 Å². The topological polar surface area (TPSA) is 92.0 Å². The number of hydrogen-bond donors (Lipinski definition) is 3. The van der Waals surface area contributed by atoms with Crippen LogP contribution >= 0.6 is 11.8 Å². The predicted octanol–water partition coefficient (Wildman–Crippen LogP) is 5.65. The van der Waals surface area contributed by atoms with Gasteiger partial charge in [-0.1, -0.05) is 84.6 Å². The number of carbonyl (C=O) groups excluding carboxylic acids is 1. The Morgan fingerprint density at radius 2 is 1.51 bits per heavy atom. The molecule has 1 saturated heterocycles. The first-order valence-electron chi connectivity index (χ1n) is 11.1. The molecule has 1 amide bonds. The SMILES string of the molecule is N#CC1=C(c2ccccc2)C(=C2Nc3ccccc3N2)C2S/C(=C\c3ccccc3)C(=O)N2C1=N.